The van der Waals surface area contributed by atoms with Crippen LogP contribution in [-0.4, -0.2) is 13.7 Å². The summed E-state index contributed by atoms with van der Waals surface area (Å²) in [6, 6.07) is 6.49. The molecule has 1 unspecified atom stereocenters. The first-order valence-corrected chi connectivity index (χ1v) is 7.68. The van der Waals surface area contributed by atoms with Crippen molar-refractivity contribution in [3.05, 3.63) is 29.5 Å². The van der Waals surface area contributed by atoms with E-state index >= 15 is 0 Å². The number of aryl methyl sites for hydroxylation is 1. The molecule has 0 aliphatic heterocycles. The molecule has 2 aromatic rings. The Morgan fingerprint density at radius 3 is 2.52 bits per heavy atom. The number of furan rings is 1. The van der Waals surface area contributed by atoms with E-state index < -0.39 is 0 Å². The van der Waals surface area contributed by atoms with E-state index in [0.717, 1.165) is 35.4 Å². The molecule has 1 aromatic carbocycles. The average molecular weight is 289 g/mol. The predicted octanol–water partition coefficient (Wildman–Crippen LogP) is 4.84. The number of hydrogen-bond acceptors (Lipinski definition) is 3. The molecule has 0 saturated carbocycles. The lowest BCUT2D eigenvalue weighted by Crippen LogP contribution is -2.32. The summed E-state index contributed by atoms with van der Waals surface area (Å²) in [6.45, 7) is 11.9. The van der Waals surface area contributed by atoms with Gasteiger partial charge in [-0.3, -0.25) is 0 Å². The predicted molar refractivity (Wildman–Crippen MR) is 88.0 cm³/mol. The Labute approximate surface area is 127 Å². The molecule has 116 valence electrons. The summed E-state index contributed by atoms with van der Waals surface area (Å²) in [5, 5.41) is 4.71. The largest absolute Gasteiger partial charge is 0.493 e. The molecule has 1 N–H and O–H groups in total. The highest BCUT2D eigenvalue weighted by Gasteiger charge is 2.29. The molecular weight excluding hydrogens is 262 g/mol. The summed E-state index contributed by atoms with van der Waals surface area (Å²) in [5.41, 5.74) is 2.11. The molecule has 0 bridgehead atoms. The molecule has 3 nitrogen and oxygen atoms in total. The van der Waals surface area contributed by atoms with Crippen LogP contribution in [0.1, 0.15) is 51.5 Å². The average Bonchev–Trinajstić information content (AvgIpc) is 2.79. The maximum absolute atomic E-state index is 6.14. The molecule has 1 atom stereocenters. The first-order chi connectivity index (χ1) is 9.86. The normalized spacial score (nSPS) is 13.6. The van der Waals surface area contributed by atoms with E-state index in [9.17, 15) is 0 Å². The van der Waals surface area contributed by atoms with Crippen LogP contribution in [0.3, 0.4) is 0 Å². The highest BCUT2D eigenvalue weighted by atomic mass is 16.5. The molecule has 1 heterocycles. The zero-order valence-corrected chi connectivity index (χ0v) is 14.0. The first kappa shape index (κ1) is 15.9. The summed E-state index contributed by atoms with van der Waals surface area (Å²) < 4.78 is 11.6. The van der Waals surface area contributed by atoms with Crippen LogP contribution < -0.4 is 10.1 Å². The van der Waals surface area contributed by atoms with Crippen molar-refractivity contribution < 1.29 is 9.15 Å². The van der Waals surface area contributed by atoms with Crippen molar-refractivity contribution in [3.8, 4) is 5.75 Å². The second-order valence-electron chi connectivity index (χ2n) is 6.79. The number of rotatable bonds is 5. The van der Waals surface area contributed by atoms with Crippen molar-refractivity contribution in [1.82, 2.24) is 5.32 Å². The fourth-order valence-corrected chi connectivity index (χ4v) is 2.70. The topological polar surface area (TPSA) is 34.4 Å². The third-order valence-electron chi connectivity index (χ3n) is 3.71. The number of nitrogens with one attached hydrogen (secondary N) is 1. The van der Waals surface area contributed by atoms with Gasteiger partial charge in [-0.05, 0) is 49.1 Å². The van der Waals surface area contributed by atoms with Crippen molar-refractivity contribution in [1.29, 1.82) is 0 Å². The SMILES string of the molecule is CCCNC(c1cc2cc(C)cc(OC)c2o1)C(C)(C)C. The van der Waals surface area contributed by atoms with Crippen molar-refractivity contribution in [2.24, 2.45) is 5.41 Å². The van der Waals surface area contributed by atoms with E-state index in [2.05, 4.69) is 52.1 Å². The molecular formula is C18H27NO2. The fraction of sp³-hybridized carbons (Fsp3) is 0.556. The second-order valence-corrected chi connectivity index (χ2v) is 6.79. The maximum Gasteiger partial charge on any atom is 0.176 e. The van der Waals surface area contributed by atoms with E-state index in [-0.39, 0.29) is 11.5 Å². The number of hydrogen-bond donors (Lipinski definition) is 1. The molecule has 21 heavy (non-hydrogen) atoms. The molecule has 0 spiro atoms. The van der Waals surface area contributed by atoms with Crippen LogP contribution in [0.15, 0.2) is 22.6 Å². The van der Waals surface area contributed by atoms with Gasteiger partial charge in [-0.25, -0.2) is 0 Å². The van der Waals surface area contributed by atoms with Crippen molar-refractivity contribution >= 4 is 11.0 Å². The quantitative estimate of drug-likeness (QED) is 0.855. The van der Waals surface area contributed by atoms with Gasteiger partial charge in [-0.15, -0.1) is 0 Å². The Balaban J connectivity index is 2.48. The van der Waals surface area contributed by atoms with Crippen molar-refractivity contribution in [2.45, 2.75) is 47.1 Å². The summed E-state index contributed by atoms with van der Waals surface area (Å²) >= 11 is 0. The minimum absolute atomic E-state index is 0.0886. The summed E-state index contributed by atoms with van der Waals surface area (Å²) in [6.07, 6.45) is 1.11. The number of fused-ring (bicyclic) bond motifs is 1. The van der Waals surface area contributed by atoms with E-state index in [0.29, 0.717) is 0 Å². The molecule has 3 heteroatoms. The van der Waals surface area contributed by atoms with Crippen LogP contribution in [0.4, 0.5) is 0 Å². The Hall–Kier alpha value is -1.48. The highest BCUT2D eigenvalue weighted by molar-refractivity contribution is 5.84. The van der Waals surface area contributed by atoms with Gasteiger partial charge in [0, 0.05) is 5.39 Å². The summed E-state index contributed by atoms with van der Waals surface area (Å²) in [5.74, 6) is 1.79. The molecule has 0 radical (unpaired) electrons. The van der Waals surface area contributed by atoms with Crippen LogP contribution >= 0.6 is 0 Å². The zero-order valence-electron chi connectivity index (χ0n) is 14.0. The van der Waals surface area contributed by atoms with Gasteiger partial charge in [0.1, 0.15) is 5.76 Å². The van der Waals surface area contributed by atoms with Crippen LogP contribution in [-0.2, 0) is 0 Å². The minimum Gasteiger partial charge on any atom is -0.493 e. The van der Waals surface area contributed by atoms with Crippen LogP contribution in [0, 0.1) is 12.3 Å². The Morgan fingerprint density at radius 2 is 1.95 bits per heavy atom. The Kier molecular flexibility index (Phi) is 4.62. The first-order valence-electron chi connectivity index (χ1n) is 7.68. The standard InChI is InChI=1S/C18H27NO2/c1-7-8-19-17(18(3,4)5)15-11-13-9-12(2)10-14(20-6)16(13)21-15/h9-11,17,19H,7-8H2,1-6H3. The van der Waals surface area contributed by atoms with E-state index in [4.69, 9.17) is 9.15 Å². The van der Waals surface area contributed by atoms with Gasteiger partial charge in [0.05, 0.1) is 13.2 Å². The lowest BCUT2D eigenvalue weighted by atomic mass is 9.85. The van der Waals surface area contributed by atoms with Gasteiger partial charge in [0.25, 0.3) is 0 Å². The molecule has 0 aliphatic carbocycles. The van der Waals surface area contributed by atoms with E-state index in [1.54, 1.807) is 7.11 Å². The van der Waals surface area contributed by atoms with Crippen LogP contribution in [0.2, 0.25) is 0 Å². The second kappa shape index (κ2) is 6.10. The Morgan fingerprint density at radius 1 is 1.24 bits per heavy atom. The smallest absolute Gasteiger partial charge is 0.176 e. The van der Waals surface area contributed by atoms with E-state index in [1.165, 1.54) is 5.56 Å². The van der Waals surface area contributed by atoms with Gasteiger partial charge in [-0.2, -0.15) is 0 Å². The molecule has 0 fully saturated rings. The summed E-state index contributed by atoms with van der Waals surface area (Å²) in [4.78, 5) is 0. The molecule has 2 rings (SSSR count). The van der Waals surface area contributed by atoms with Gasteiger partial charge in [-0.1, -0.05) is 27.7 Å². The van der Waals surface area contributed by atoms with E-state index in [1.807, 2.05) is 6.07 Å². The van der Waals surface area contributed by atoms with Crippen LogP contribution in [0.25, 0.3) is 11.0 Å². The fourth-order valence-electron chi connectivity index (χ4n) is 2.70. The molecule has 0 amide bonds. The highest BCUT2D eigenvalue weighted by Crippen LogP contribution is 2.38. The van der Waals surface area contributed by atoms with Gasteiger partial charge in [0.15, 0.2) is 11.3 Å². The number of ether oxygens (including phenoxy) is 1. The molecule has 0 aliphatic rings. The van der Waals surface area contributed by atoms with Crippen molar-refractivity contribution in [3.63, 3.8) is 0 Å². The van der Waals surface area contributed by atoms with Crippen LogP contribution in [0.5, 0.6) is 5.75 Å². The lowest BCUT2D eigenvalue weighted by Gasteiger charge is -2.30. The zero-order chi connectivity index (χ0) is 15.6. The molecule has 1 aromatic heterocycles. The maximum atomic E-state index is 6.14. The summed E-state index contributed by atoms with van der Waals surface area (Å²) in [7, 11) is 1.69. The van der Waals surface area contributed by atoms with Crippen molar-refractivity contribution in [2.75, 3.05) is 13.7 Å². The minimum atomic E-state index is 0.0886. The number of methoxy groups -OCH3 is 1. The van der Waals surface area contributed by atoms with Gasteiger partial charge < -0.3 is 14.5 Å². The number of benzene rings is 1. The molecule has 0 saturated heterocycles. The third kappa shape index (κ3) is 3.41. The van der Waals surface area contributed by atoms with Gasteiger partial charge >= 0.3 is 0 Å². The Bertz CT molecular complexity index is 607. The van der Waals surface area contributed by atoms with Gasteiger partial charge in [0.2, 0.25) is 0 Å². The lowest BCUT2D eigenvalue weighted by molar-refractivity contribution is 0.241. The monoisotopic (exact) mass is 289 g/mol. The third-order valence-corrected chi connectivity index (χ3v) is 3.71.